The fraction of sp³-hybridized carbons (Fsp3) is 0.280. The fourth-order valence-corrected chi connectivity index (χ4v) is 5.90. The maximum absolute atomic E-state index is 13.0. The SMILES string of the molecule is CCSc1cccc(C(=O)Nc2sc3c(c2C(=O)OC)CCN(Cc2ccccc2)C3)c1. The molecule has 5 nitrogen and oxygen atoms in total. The highest BCUT2D eigenvalue weighted by molar-refractivity contribution is 7.99. The molecule has 1 aliphatic rings. The number of esters is 1. The van der Waals surface area contributed by atoms with Crippen LogP contribution in [0.4, 0.5) is 5.00 Å². The highest BCUT2D eigenvalue weighted by Gasteiger charge is 2.29. The second kappa shape index (κ2) is 10.3. The van der Waals surface area contributed by atoms with Crippen molar-refractivity contribution in [2.45, 2.75) is 31.3 Å². The number of nitrogens with zero attached hydrogens (tertiary/aromatic N) is 1. The molecular formula is C25H26N2O3S2. The lowest BCUT2D eigenvalue weighted by molar-refractivity contribution is 0.0600. The molecule has 0 unspecified atom stereocenters. The molecule has 3 aromatic rings. The van der Waals surface area contributed by atoms with Gasteiger partial charge in [-0.15, -0.1) is 23.1 Å². The highest BCUT2D eigenvalue weighted by atomic mass is 32.2. The summed E-state index contributed by atoms with van der Waals surface area (Å²) in [6.45, 7) is 4.54. The molecule has 0 atom stereocenters. The molecule has 32 heavy (non-hydrogen) atoms. The maximum atomic E-state index is 13.0. The minimum absolute atomic E-state index is 0.214. The number of carbonyl (C=O) groups is 2. The Hall–Kier alpha value is -2.61. The minimum atomic E-state index is -0.399. The number of anilines is 1. The Kier molecular flexibility index (Phi) is 7.29. The molecular weight excluding hydrogens is 440 g/mol. The molecule has 2 heterocycles. The number of carbonyl (C=O) groups excluding carboxylic acids is 2. The lowest BCUT2D eigenvalue weighted by atomic mass is 10.0. The smallest absolute Gasteiger partial charge is 0.341 e. The number of benzene rings is 2. The Labute approximate surface area is 196 Å². The van der Waals surface area contributed by atoms with E-state index in [0.29, 0.717) is 16.1 Å². The lowest BCUT2D eigenvalue weighted by Crippen LogP contribution is -2.29. The van der Waals surface area contributed by atoms with E-state index < -0.39 is 5.97 Å². The predicted octanol–water partition coefficient (Wildman–Crippen LogP) is 5.46. The van der Waals surface area contributed by atoms with Gasteiger partial charge >= 0.3 is 5.97 Å². The van der Waals surface area contributed by atoms with Crippen molar-refractivity contribution in [1.82, 2.24) is 4.90 Å². The van der Waals surface area contributed by atoms with Crippen molar-refractivity contribution < 1.29 is 14.3 Å². The Morgan fingerprint density at radius 3 is 2.72 bits per heavy atom. The fourth-order valence-electron chi connectivity index (χ4n) is 3.91. The van der Waals surface area contributed by atoms with E-state index in [1.807, 2.05) is 36.4 Å². The summed E-state index contributed by atoms with van der Waals surface area (Å²) < 4.78 is 5.06. The molecule has 1 aromatic heterocycles. The Bertz CT molecular complexity index is 1110. The number of nitrogens with one attached hydrogen (secondary N) is 1. The van der Waals surface area contributed by atoms with Gasteiger partial charge in [0.15, 0.2) is 0 Å². The van der Waals surface area contributed by atoms with Gasteiger partial charge in [-0.05, 0) is 41.5 Å². The van der Waals surface area contributed by atoms with Crippen LogP contribution >= 0.6 is 23.1 Å². The van der Waals surface area contributed by atoms with Crippen molar-refractivity contribution in [3.8, 4) is 0 Å². The topological polar surface area (TPSA) is 58.6 Å². The molecule has 0 spiro atoms. The minimum Gasteiger partial charge on any atom is -0.465 e. The third-order valence-electron chi connectivity index (χ3n) is 5.41. The van der Waals surface area contributed by atoms with Gasteiger partial charge < -0.3 is 10.1 Å². The number of methoxy groups -OCH3 is 1. The van der Waals surface area contributed by atoms with Gasteiger partial charge in [0.1, 0.15) is 5.00 Å². The average molecular weight is 467 g/mol. The first-order valence-electron chi connectivity index (χ1n) is 10.6. The van der Waals surface area contributed by atoms with Gasteiger partial charge in [0, 0.05) is 35.0 Å². The van der Waals surface area contributed by atoms with Crippen LogP contribution in [0.25, 0.3) is 0 Å². The van der Waals surface area contributed by atoms with Crippen molar-refractivity contribution >= 4 is 40.0 Å². The van der Waals surface area contributed by atoms with Crippen LogP contribution in [0.5, 0.6) is 0 Å². The molecule has 1 amide bonds. The largest absolute Gasteiger partial charge is 0.465 e. The molecule has 2 aromatic carbocycles. The second-order valence-corrected chi connectivity index (χ2v) is 10.0. The van der Waals surface area contributed by atoms with Crippen molar-refractivity contribution in [3.63, 3.8) is 0 Å². The van der Waals surface area contributed by atoms with Crippen LogP contribution in [0.2, 0.25) is 0 Å². The van der Waals surface area contributed by atoms with Crippen molar-refractivity contribution in [3.05, 3.63) is 81.7 Å². The van der Waals surface area contributed by atoms with Crippen LogP contribution in [0.15, 0.2) is 59.5 Å². The third kappa shape index (κ3) is 5.06. The van der Waals surface area contributed by atoms with Gasteiger partial charge in [-0.1, -0.05) is 43.3 Å². The van der Waals surface area contributed by atoms with E-state index >= 15 is 0 Å². The lowest BCUT2D eigenvalue weighted by Gasteiger charge is -2.27. The first-order chi connectivity index (χ1) is 15.6. The van der Waals surface area contributed by atoms with Crippen LogP contribution in [0, 0.1) is 0 Å². The zero-order valence-corrected chi connectivity index (χ0v) is 19.9. The molecule has 0 saturated carbocycles. The number of hydrogen-bond acceptors (Lipinski definition) is 6. The molecule has 1 N–H and O–H groups in total. The standard InChI is InChI=1S/C25H26N2O3S2/c1-3-31-19-11-7-10-18(14-19)23(28)26-24-22(25(29)30-2)20-12-13-27(16-21(20)32-24)15-17-8-5-4-6-9-17/h4-11,14H,3,12-13,15-16H2,1-2H3,(H,26,28). The molecule has 166 valence electrons. The highest BCUT2D eigenvalue weighted by Crippen LogP contribution is 2.38. The van der Waals surface area contributed by atoms with E-state index in [0.717, 1.165) is 47.1 Å². The van der Waals surface area contributed by atoms with Gasteiger partial charge in [-0.25, -0.2) is 4.79 Å². The first kappa shape index (κ1) is 22.6. The Morgan fingerprint density at radius 2 is 1.97 bits per heavy atom. The number of rotatable bonds is 7. The zero-order valence-electron chi connectivity index (χ0n) is 18.2. The number of ether oxygens (including phenoxy) is 1. The number of fused-ring (bicyclic) bond motifs is 1. The van der Waals surface area contributed by atoms with Crippen LogP contribution in [0.1, 0.15) is 43.6 Å². The van der Waals surface area contributed by atoms with Crippen molar-refractivity contribution in [1.29, 1.82) is 0 Å². The maximum Gasteiger partial charge on any atom is 0.341 e. The van der Waals surface area contributed by atoms with E-state index in [1.54, 1.807) is 17.8 Å². The zero-order chi connectivity index (χ0) is 22.5. The number of thioether (sulfide) groups is 1. The number of hydrogen-bond donors (Lipinski definition) is 1. The quantitative estimate of drug-likeness (QED) is 0.370. The monoisotopic (exact) mass is 466 g/mol. The molecule has 7 heteroatoms. The molecule has 0 radical (unpaired) electrons. The Balaban J connectivity index is 1.57. The molecule has 1 aliphatic heterocycles. The van der Waals surface area contributed by atoms with Crippen LogP contribution < -0.4 is 5.32 Å². The summed E-state index contributed by atoms with van der Waals surface area (Å²) in [6.07, 6.45) is 0.752. The molecule has 0 saturated heterocycles. The summed E-state index contributed by atoms with van der Waals surface area (Å²) in [6, 6.07) is 17.9. The predicted molar refractivity (Wildman–Crippen MR) is 131 cm³/mol. The molecule has 0 aliphatic carbocycles. The second-order valence-electron chi connectivity index (χ2n) is 7.56. The van der Waals surface area contributed by atoms with Gasteiger partial charge in [0.05, 0.1) is 12.7 Å². The average Bonchev–Trinajstić information content (AvgIpc) is 3.16. The Morgan fingerprint density at radius 1 is 1.16 bits per heavy atom. The summed E-state index contributed by atoms with van der Waals surface area (Å²) in [5.41, 5.74) is 3.34. The summed E-state index contributed by atoms with van der Waals surface area (Å²) in [5.74, 6) is 0.326. The number of thiophene rings is 1. The summed E-state index contributed by atoms with van der Waals surface area (Å²) in [5, 5.41) is 3.56. The summed E-state index contributed by atoms with van der Waals surface area (Å²) in [7, 11) is 1.38. The van der Waals surface area contributed by atoms with Crippen LogP contribution in [-0.4, -0.2) is 36.2 Å². The van der Waals surface area contributed by atoms with Crippen molar-refractivity contribution in [2.75, 3.05) is 24.7 Å². The van der Waals surface area contributed by atoms with E-state index in [1.165, 1.54) is 24.0 Å². The van der Waals surface area contributed by atoms with Crippen LogP contribution in [-0.2, 0) is 24.2 Å². The van der Waals surface area contributed by atoms with Crippen LogP contribution in [0.3, 0.4) is 0 Å². The van der Waals surface area contributed by atoms with E-state index in [9.17, 15) is 9.59 Å². The van der Waals surface area contributed by atoms with Gasteiger partial charge in [0.2, 0.25) is 0 Å². The van der Waals surface area contributed by atoms with Crippen molar-refractivity contribution in [2.24, 2.45) is 0 Å². The van der Waals surface area contributed by atoms with E-state index in [-0.39, 0.29) is 5.91 Å². The van der Waals surface area contributed by atoms with E-state index in [4.69, 9.17) is 4.74 Å². The molecule has 0 fully saturated rings. The number of amides is 1. The van der Waals surface area contributed by atoms with E-state index in [2.05, 4.69) is 29.3 Å². The summed E-state index contributed by atoms with van der Waals surface area (Å²) in [4.78, 5) is 30.1. The first-order valence-corrected chi connectivity index (χ1v) is 12.4. The summed E-state index contributed by atoms with van der Waals surface area (Å²) >= 11 is 3.17. The van der Waals surface area contributed by atoms with Gasteiger partial charge in [0.25, 0.3) is 5.91 Å². The van der Waals surface area contributed by atoms with Gasteiger partial charge in [-0.2, -0.15) is 0 Å². The van der Waals surface area contributed by atoms with Gasteiger partial charge in [-0.3, -0.25) is 9.69 Å². The molecule has 4 rings (SSSR count). The molecule has 0 bridgehead atoms. The normalized spacial score (nSPS) is 13.4. The third-order valence-corrected chi connectivity index (χ3v) is 7.42.